The summed E-state index contributed by atoms with van der Waals surface area (Å²) < 4.78 is 33.1. The van der Waals surface area contributed by atoms with Crippen molar-refractivity contribution in [3.63, 3.8) is 0 Å². The summed E-state index contributed by atoms with van der Waals surface area (Å²) in [5.41, 5.74) is 0.611. The van der Waals surface area contributed by atoms with Crippen LogP contribution in [0.4, 0.5) is 11.4 Å². The summed E-state index contributed by atoms with van der Waals surface area (Å²) in [6, 6.07) is 16.3. The lowest BCUT2D eigenvalue weighted by Crippen LogP contribution is -2.13. The number of nitrogens with zero attached hydrogens (tertiary/aromatic N) is 1. The molecule has 0 atom stereocenters. The Morgan fingerprint density at radius 3 is 2.21 bits per heavy atom. The number of rotatable bonds is 6. The van der Waals surface area contributed by atoms with Crippen LogP contribution in [-0.2, 0) is 10.0 Å². The van der Waals surface area contributed by atoms with Gasteiger partial charge in [-0.1, -0.05) is 29.3 Å². The zero-order valence-electron chi connectivity index (χ0n) is 14.6. The van der Waals surface area contributed by atoms with Gasteiger partial charge in [-0.15, -0.1) is 0 Å². The molecule has 0 aliphatic carbocycles. The smallest absolute Gasteiger partial charge is 0.275 e. The SMILES string of the molecule is Cc1ccc(S(=O)(=O)Nc2cc(Oc3ccc(Cl)cc3)cc([N+](=O)[O-])c2)cc1. The Morgan fingerprint density at radius 1 is 0.964 bits per heavy atom. The van der Waals surface area contributed by atoms with Crippen LogP contribution in [0, 0.1) is 17.0 Å². The van der Waals surface area contributed by atoms with Crippen molar-refractivity contribution in [3.8, 4) is 11.5 Å². The maximum atomic E-state index is 12.6. The van der Waals surface area contributed by atoms with Gasteiger partial charge >= 0.3 is 0 Å². The first-order chi connectivity index (χ1) is 13.2. The second kappa shape index (κ2) is 7.87. The minimum absolute atomic E-state index is 0.0127. The van der Waals surface area contributed by atoms with Crippen molar-refractivity contribution in [2.45, 2.75) is 11.8 Å². The van der Waals surface area contributed by atoms with Gasteiger partial charge < -0.3 is 4.74 Å². The lowest BCUT2D eigenvalue weighted by atomic mass is 10.2. The normalized spacial score (nSPS) is 11.1. The van der Waals surface area contributed by atoms with Crippen molar-refractivity contribution in [2.24, 2.45) is 0 Å². The molecular formula is C19H15ClN2O5S. The van der Waals surface area contributed by atoms with Gasteiger partial charge in [-0.2, -0.15) is 0 Å². The third kappa shape index (κ3) is 4.79. The number of anilines is 1. The van der Waals surface area contributed by atoms with Crippen LogP contribution < -0.4 is 9.46 Å². The van der Waals surface area contributed by atoms with Crippen LogP contribution in [0.25, 0.3) is 0 Å². The Hall–Kier alpha value is -3.10. The van der Waals surface area contributed by atoms with Crippen molar-refractivity contribution >= 4 is 33.0 Å². The zero-order valence-corrected chi connectivity index (χ0v) is 16.2. The van der Waals surface area contributed by atoms with E-state index in [4.69, 9.17) is 16.3 Å². The molecule has 1 N–H and O–H groups in total. The monoisotopic (exact) mass is 418 g/mol. The first-order valence-electron chi connectivity index (χ1n) is 8.05. The molecule has 9 heteroatoms. The topological polar surface area (TPSA) is 98.5 Å². The van der Waals surface area contributed by atoms with E-state index in [2.05, 4.69) is 4.72 Å². The highest BCUT2D eigenvalue weighted by molar-refractivity contribution is 7.92. The van der Waals surface area contributed by atoms with Gasteiger partial charge in [-0.05, 0) is 43.3 Å². The number of hydrogen-bond donors (Lipinski definition) is 1. The second-order valence-corrected chi connectivity index (χ2v) is 8.07. The Bertz CT molecular complexity index is 1110. The number of benzene rings is 3. The molecule has 0 aliphatic rings. The number of halogens is 1. The highest BCUT2D eigenvalue weighted by atomic mass is 35.5. The van der Waals surface area contributed by atoms with E-state index in [1.54, 1.807) is 36.4 Å². The van der Waals surface area contributed by atoms with Crippen molar-refractivity contribution in [1.82, 2.24) is 0 Å². The van der Waals surface area contributed by atoms with Crippen LogP contribution in [0.15, 0.2) is 71.6 Å². The van der Waals surface area contributed by atoms with Gasteiger partial charge in [-0.3, -0.25) is 14.8 Å². The van der Waals surface area contributed by atoms with E-state index in [1.165, 1.54) is 24.3 Å². The molecule has 3 aromatic carbocycles. The van der Waals surface area contributed by atoms with Crippen LogP contribution in [0.2, 0.25) is 5.02 Å². The third-order valence-electron chi connectivity index (χ3n) is 3.73. The van der Waals surface area contributed by atoms with E-state index in [0.29, 0.717) is 10.8 Å². The number of hydrogen-bond acceptors (Lipinski definition) is 5. The lowest BCUT2D eigenvalue weighted by molar-refractivity contribution is -0.384. The largest absolute Gasteiger partial charge is 0.457 e. The molecule has 0 unspecified atom stereocenters. The first kappa shape index (κ1) is 19.7. The zero-order chi connectivity index (χ0) is 20.3. The first-order valence-corrected chi connectivity index (χ1v) is 9.91. The predicted octanol–water partition coefficient (Wildman–Crippen LogP) is 5.15. The minimum Gasteiger partial charge on any atom is -0.457 e. The highest BCUT2D eigenvalue weighted by Gasteiger charge is 2.18. The Balaban J connectivity index is 1.93. The number of nitro benzene ring substituents is 1. The van der Waals surface area contributed by atoms with Gasteiger partial charge in [0.2, 0.25) is 0 Å². The highest BCUT2D eigenvalue weighted by Crippen LogP contribution is 2.31. The molecule has 0 saturated heterocycles. The number of sulfonamides is 1. The molecule has 0 heterocycles. The molecule has 0 amide bonds. The van der Waals surface area contributed by atoms with Crippen molar-refractivity contribution in [1.29, 1.82) is 0 Å². The number of ether oxygens (including phenoxy) is 1. The molecule has 28 heavy (non-hydrogen) atoms. The fraction of sp³-hybridized carbons (Fsp3) is 0.0526. The van der Waals surface area contributed by atoms with E-state index in [0.717, 1.165) is 11.6 Å². The summed E-state index contributed by atoms with van der Waals surface area (Å²) in [5, 5.41) is 11.7. The Morgan fingerprint density at radius 2 is 1.61 bits per heavy atom. The van der Waals surface area contributed by atoms with Crippen LogP contribution in [0.5, 0.6) is 11.5 Å². The number of nitro groups is 1. The molecule has 144 valence electrons. The van der Waals surface area contributed by atoms with Gasteiger partial charge in [-0.25, -0.2) is 8.42 Å². The average Bonchev–Trinajstić information content (AvgIpc) is 2.63. The summed E-state index contributed by atoms with van der Waals surface area (Å²) >= 11 is 5.83. The molecule has 0 spiro atoms. The summed E-state index contributed by atoms with van der Waals surface area (Å²) in [6.07, 6.45) is 0. The number of aryl methyl sites for hydroxylation is 1. The average molecular weight is 419 g/mol. The Kier molecular flexibility index (Phi) is 5.53. The lowest BCUT2D eigenvalue weighted by Gasteiger charge is -2.11. The van der Waals surface area contributed by atoms with E-state index < -0.39 is 14.9 Å². The maximum Gasteiger partial charge on any atom is 0.275 e. The fourth-order valence-electron chi connectivity index (χ4n) is 2.38. The summed E-state index contributed by atoms with van der Waals surface area (Å²) in [5.74, 6) is 0.510. The molecule has 0 aromatic heterocycles. The van der Waals surface area contributed by atoms with Crippen LogP contribution in [-0.4, -0.2) is 13.3 Å². The molecule has 0 bridgehead atoms. The molecule has 3 aromatic rings. The molecular weight excluding hydrogens is 404 g/mol. The molecule has 3 rings (SSSR count). The van der Waals surface area contributed by atoms with Crippen LogP contribution in [0.1, 0.15) is 5.56 Å². The summed E-state index contributed by atoms with van der Waals surface area (Å²) in [7, 11) is -3.91. The summed E-state index contributed by atoms with van der Waals surface area (Å²) in [4.78, 5) is 10.7. The van der Waals surface area contributed by atoms with Gasteiger partial charge in [0.25, 0.3) is 15.7 Å². The predicted molar refractivity (Wildman–Crippen MR) is 107 cm³/mol. The van der Waals surface area contributed by atoms with Crippen LogP contribution >= 0.6 is 11.6 Å². The van der Waals surface area contributed by atoms with E-state index in [9.17, 15) is 18.5 Å². The molecule has 0 aliphatic heterocycles. The fourth-order valence-corrected chi connectivity index (χ4v) is 3.54. The van der Waals surface area contributed by atoms with Gasteiger partial charge in [0.1, 0.15) is 11.5 Å². The van der Waals surface area contributed by atoms with Crippen molar-refractivity contribution < 1.29 is 18.1 Å². The standard InChI is InChI=1S/C19H15ClN2O5S/c1-13-2-8-19(9-3-13)28(25,26)21-15-10-16(22(23)24)12-18(11-15)27-17-6-4-14(20)5-7-17/h2-12,21H,1H3. The van der Waals surface area contributed by atoms with E-state index in [1.807, 2.05) is 6.92 Å². The molecule has 0 radical (unpaired) electrons. The van der Waals surface area contributed by atoms with Gasteiger partial charge in [0, 0.05) is 17.2 Å². The molecule has 7 nitrogen and oxygen atoms in total. The Labute approximate surface area is 166 Å². The van der Waals surface area contributed by atoms with Crippen molar-refractivity contribution in [3.05, 3.63) is 87.4 Å². The molecule has 0 saturated carbocycles. The van der Waals surface area contributed by atoms with E-state index in [-0.39, 0.29) is 22.0 Å². The van der Waals surface area contributed by atoms with Crippen molar-refractivity contribution in [2.75, 3.05) is 4.72 Å². The van der Waals surface area contributed by atoms with Gasteiger partial charge in [0.05, 0.1) is 21.6 Å². The third-order valence-corrected chi connectivity index (χ3v) is 5.38. The number of non-ortho nitro benzene ring substituents is 1. The molecule has 0 fully saturated rings. The van der Waals surface area contributed by atoms with Crippen LogP contribution in [0.3, 0.4) is 0 Å². The quantitative estimate of drug-likeness (QED) is 0.441. The summed E-state index contributed by atoms with van der Waals surface area (Å²) in [6.45, 7) is 1.84. The minimum atomic E-state index is -3.91. The number of nitrogens with one attached hydrogen (secondary N) is 1. The van der Waals surface area contributed by atoms with Gasteiger partial charge in [0.15, 0.2) is 0 Å². The second-order valence-electron chi connectivity index (χ2n) is 5.95. The van der Waals surface area contributed by atoms with E-state index >= 15 is 0 Å². The maximum absolute atomic E-state index is 12.6.